The van der Waals surface area contributed by atoms with Gasteiger partial charge >= 0.3 is 12.1 Å². The SMILES string of the molecule is NCCOCCOCCOCCOCCOCCOCCOCCOCCOCCOCCOCCNC(=O)CCN1C(=O)C=CC1=O.O=C(O)C(F)(F)F. The summed E-state index contributed by atoms with van der Waals surface area (Å²) in [6.07, 6.45) is -2.65. The van der Waals surface area contributed by atoms with Crippen molar-refractivity contribution in [2.75, 3.05) is 165 Å². The lowest BCUT2D eigenvalue weighted by atomic mass is 10.3. The molecule has 0 aromatic carbocycles. The first-order chi connectivity index (χ1) is 26.6. The van der Waals surface area contributed by atoms with Crippen molar-refractivity contribution < 1.29 is 89.6 Å². The molecule has 0 radical (unpaired) electrons. The van der Waals surface area contributed by atoms with Crippen LogP contribution in [0.4, 0.5) is 13.2 Å². The number of amides is 3. The molecule has 1 heterocycles. The number of nitrogens with two attached hydrogens (primary N) is 1. The quantitative estimate of drug-likeness (QED) is 0.0512. The summed E-state index contributed by atoms with van der Waals surface area (Å²) in [5, 5.41) is 9.80. The van der Waals surface area contributed by atoms with Crippen LogP contribution in [0.15, 0.2) is 12.2 Å². The minimum Gasteiger partial charge on any atom is -0.475 e. The van der Waals surface area contributed by atoms with Gasteiger partial charge in [-0.3, -0.25) is 19.3 Å². The number of imide groups is 1. The zero-order valence-electron chi connectivity index (χ0n) is 31.3. The van der Waals surface area contributed by atoms with Crippen molar-refractivity contribution in [1.29, 1.82) is 0 Å². The predicted molar refractivity (Wildman–Crippen MR) is 185 cm³/mol. The molecule has 1 aliphatic rings. The van der Waals surface area contributed by atoms with Crippen molar-refractivity contribution in [2.24, 2.45) is 5.73 Å². The van der Waals surface area contributed by atoms with Crippen LogP contribution in [-0.4, -0.2) is 205 Å². The minimum absolute atomic E-state index is 0.0525. The number of nitrogens with one attached hydrogen (secondary N) is 1. The topological polar surface area (TPSA) is 231 Å². The molecule has 0 bridgehead atoms. The second-order valence-corrected chi connectivity index (χ2v) is 10.6. The lowest BCUT2D eigenvalue weighted by Crippen LogP contribution is -2.35. The van der Waals surface area contributed by atoms with Crippen LogP contribution in [0.3, 0.4) is 0 Å². The normalized spacial score (nSPS) is 12.7. The number of hydrogen-bond donors (Lipinski definition) is 3. The fourth-order valence-electron chi connectivity index (χ4n) is 3.60. The maximum absolute atomic E-state index is 11.8. The highest BCUT2D eigenvalue weighted by Crippen LogP contribution is 2.13. The Bertz CT molecular complexity index is 980. The Labute approximate surface area is 319 Å². The van der Waals surface area contributed by atoms with Crippen molar-refractivity contribution in [2.45, 2.75) is 12.6 Å². The molecule has 0 aromatic heterocycles. The van der Waals surface area contributed by atoms with E-state index in [0.29, 0.717) is 158 Å². The number of carbonyl (C=O) groups excluding carboxylic acids is 3. The van der Waals surface area contributed by atoms with E-state index in [1.165, 1.54) is 12.2 Å². The van der Waals surface area contributed by atoms with E-state index >= 15 is 0 Å². The molecular weight excluding hydrogens is 751 g/mol. The monoisotopic (exact) mass is 809 g/mol. The van der Waals surface area contributed by atoms with Crippen molar-refractivity contribution in [3.05, 3.63) is 12.2 Å². The molecule has 322 valence electrons. The number of carbonyl (C=O) groups is 4. The van der Waals surface area contributed by atoms with Crippen LogP contribution < -0.4 is 11.1 Å². The number of ether oxygens (including phenoxy) is 11. The lowest BCUT2D eigenvalue weighted by Gasteiger charge is -2.13. The van der Waals surface area contributed by atoms with Crippen LogP contribution in [0.2, 0.25) is 0 Å². The summed E-state index contributed by atoms with van der Waals surface area (Å²) in [5.74, 6) is -3.80. The van der Waals surface area contributed by atoms with Crippen molar-refractivity contribution in [3.63, 3.8) is 0 Å². The highest BCUT2D eigenvalue weighted by molar-refractivity contribution is 6.13. The van der Waals surface area contributed by atoms with Crippen LogP contribution >= 0.6 is 0 Å². The average molecular weight is 810 g/mol. The molecule has 0 aromatic rings. The number of nitrogens with zero attached hydrogens (tertiary/aromatic N) is 1. The molecule has 19 nitrogen and oxygen atoms in total. The smallest absolute Gasteiger partial charge is 0.475 e. The van der Waals surface area contributed by atoms with E-state index in [2.05, 4.69) is 5.32 Å². The largest absolute Gasteiger partial charge is 0.490 e. The van der Waals surface area contributed by atoms with Crippen LogP contribution in [0.5, 0.6) is 0 Å². The zero-order chi connectivity index (χ0) is 40.7. The Hall–Kier alpha value is -2.87. The van der Waals surface area contributed by atoms with Gasteiger partial charge in [-0.1, -0.05) is 0 Å². The summed E-state index contributed by atoms with van der Waals surface area (Å²) >= 11 is 0. The van der Waals surface area contributed by atoms with Crippen LogP contribution in [-0.2, 0) is 71.3 Å². The van der Waals surface area contributed by atoms with Crippen LogP contribution in [0.25, 0.3) is 0 Å². The first kappa shape index (κ1) is 52.1. The molecule has 0 spiro atoms. The maximum Gasteiger partial charge on any atom is 0.490 e. The van der Waals surface area contributed by atoms with Gasteiger partial charge in [-0.25, -0.2) is 4.79 Å². The Kier molecular flexibility index (Phi) is 36.0. The summed E-state index contributed by atoms with van der Waals surface area (Å²) in [6, 6.07) is 0. The summed E-state index contributed by atoms with van der Waals surface area (Å²) in [5.41, 5.74) is 5.33. The van der Waals surface area contributed by atoms with E-state index in [4.69, 9.17) is 67.7 Å². The highest BCUT2D eigenvalue weighted by atomic mass is 19.4. The average Bonchev–Trinajstić information content (AvgIpc) is 3.47. The molecule has 22 heteroatoms. The molecule has 55 heavy (non-hydrogen) atoms. The van der Waals surface area contributed by atoms with E-state index in [9.17, 15) is 27.6 Å². The molecule has 0 aliphatic carbocycles. The van der Waals surface area contributed by atoms with E-state index in [1.54, 1.807) is 0 Å². The number of aliphatic carboxylic acids is 1. The van der Waals surface area contributed by atoms with Crippen molar-refractivity contribution in [3.8, 4) is 0 Å². The Balaban J connectivity index is 0.00000377. The van der Waals surface area contributed by atoms with Gasteiger partial charge in [-0.2, -0.15) is 13.2 Å². The summed E-state index contributed by atoms with van der Waals surface area (Å²) < 4.78 is 91.3. The summed E-state index contributed by atoms with van der Waals surface area (Å²) in [4.78, 5) is 44.6. The fourth-order valence-corrected chi connectivity index (χ4v) is 3.60. The number of halogens is 3. The van der Waals surface area contributed by atoms with E-state index < -0.39 is 24.0 Å². The molecule has 0 unspecified atom stereocenters. The number of carboxylic acid groups (broad SMARTS) is 1. The number of alkyl halides is 3. The van der Waals surface area contributed by atoms with Crippen molar-refractivity contribution in [1.82, 2.24) is 10.2 Å². The molecule has 1 aliphatic heterocycles. The van der Waals surface area contributed by atoms with E-state index in [-0.39, 0.29) is 18.9 Å². The van der Waals surface area contributed by atoms with E-state index in [0.717, 1.165) is 4.90 Å². The standard InChI is InChI=1S/C31H57N3O14.C2HF3O2/c32-4-7-38-9-11-40-13-15-42-17-19-44-21-23-46-25-27-48-28-26-47-24-22-45-20-18-43-16-14-41-12-10-39-8-5-33-29(35)3-6-34-30(36)1-2-31(34)37;3-2(4,5)1(6)7/h1-2H,3-28,32H2,(H,33,35);(H,6,7). The first-order valence-corrected chi connectivity index (χ1v) is 17.7. The zero-order valence-corrected chi connectivity index (χ0v) is 31.3. The second-order valence-electron chi connectivity index (χ2n) is 10.6. The Morgan fingerprint density at radius 2 is 0.800 bits per heavy atom. The third-order valence-corrected chi connectivity index (χ3v) is 6.26. The van der Waals surface area contributed by atoms with Crippen LogP contribution in [0.1, 0.15) is 6.42 Å². The lowest BCUT2D eigenvalue weighted by molar-refractivity contribution is -0.192. The maximum atomic E-state index is 11.8. The van der Waals surface area contributed by atoms with Gasteiger partial charge < -0.3 is 68.3 Å². The molecule has 0 atom stereocenters. The highest BCUT2D eigenvalue weighted by Gasteiger charge is 2.38. The van der Waals surface area contributed by atoms with E-state index in [1.807, 2.05) is 0 Å². The molecular formula is C33H58F3N3O16. The predicted octanol–water partition coefficient (Wildman–Crippen LogP) is -0.808. The number of carboxylic acids is 1. The molecule has 0 fully saturated rings. The third kappa shape index (κ3) is 36.5. The molecule has 0 saturated carbocycles. The Morgan fingerprint density at radius 1 is 0.545 bits per heavy atom. The van der Waals surface area contributed by atoms with Gasteiger partial charge in [0, 0.05) is 38.2 Å². The Morgan fingerprint density at radius 3 is 1.05 bits per heavy atom. The second kappa shape index (κ2) is 38.0. The molecule has 4 N–H and O–H groups in total. The number of rotatable bonds is 38. The van der Waals surface area contributed by atoms with Gasteiger partial charge in [0.2, 0.25) is 5.91 Å². The van der Waals surface area contributed by atoms with Gasteiger partial charge in [0.1, 0.15) is 0 Å². The van der Waals surface area contributed by atoms with Gasteiger partial charge in [-0.05, 0) is 0 Å². The molecule has 1 rings (SSSR count). The first-order valence-electron chi connectivity index (χ1n) is 17.7. The molecule has 0 saturated heterocycles. The third-order valence-electron chi connectivity index (χ3n) is 6.26. The molecule has 3 amide bonds. The summed E-state index contributed by atoms with van der Waals surface area (Å²) in [7, 11) is 0. The summed E-state index contributed by atoms with van der Waals surface area (Å²) in [6.45, 7) is 11.4. The number of hydrogen-bond acceptors (Lipinski definition) is 16. The van der Waals surface area contributed by atoms with Crippen LogP contribution in [0, 0.1) is 0 Å². The van der Waals surface area contributed by atoms with Gasteiger partial charge in [0.25, 0.3) is 11.8 Å². The fraction of sp³-hybridized carbons (Fsp3) is 0.818. The van der Waals surface area contributed by atoms with Crippen molar-refractivity contribution >= 4 is 23.7 Å². The van der Waals surface area contributed by atoms with Gasteiger partial charge in [-0.15, -0.1) is 0 Å². The van der Waals surface area contributed by atoms with Gasteiger partial charge in [0.15, 0.2) is 0 Å². The minimum atomic E-state index is -5.08. The van der Waals surface area contributed by atoms with Gasteiger partial charge in [0.05, 0.1) is 145 Å².